The molecule has 0 aromatic carbocycles. The number of hydrogen-bond acceptors (Lipinski definition) is 17. The van der Waals surface area contributed by atoms with Gasteiger partial charge in [-0.05, 0) is 111 Å². The fraction of sp³-hybridized carbons (Fsp3) is 0.889. The van der Waals surface area contributed by atoms with E-state index in [9.17, 15) is 19.8 Å². The van der Waals surface area contributed by atoms with Gasteiger partial charge in [-0.1, -0.05) is 31.6 Å². The maximum Gasteiger partial charge on any atom is 0.333 e. The van der Waals surface area contributed by atoms with Crippen molar-refractivity contribution in [3.63, 3.8) is 0 Å². The third-order valence-electron chi connectivity index (χ3n) is 18.8. The van der Waals surface area contributed by atoms with Crippen LogP contribution in [0.4, 0.5) is 0 Å². The van der Waals surface area contributed by atoms with Crippen LogP contribution in [0.3, 0.4) is 0 Å². The molecular formula is C54H86O17. The van der Waals surface area contributed by atoms with E-state index in [1.165, 1.54) is 5.57 Å². The number of rotatable bonds is 15. The van der Waals surface area contributed by atoms with Crippen LogP contribution >= 0.6 is 0 Å². The number of Topliss-reactive ketones (excluding diaryl/α,β-unsaturated/α-hetero) is 1. The molecule has 0 spiro atoms. The minimum atomic E-state index is -1.15. The Morgan fingerprint density at radius 1 is 0.662 bits per heavy atom. The molecule has 4 heterocycles. The van der Waals surface area contributed by atoms with Crippen molar-refractivity contribution >= 4 is 11.8 Å². The Morgan fingerprint density at radius 2 is 1.14 bits per heavy atom. The fourth-order valence-corrected chi connectivity index (χ4v) is 14.4. The molecule has 19 unspecified atom stereocenters. The number of ether oxygens (including phenoxy) is 13. The van der Waals surface area contributed by atoms with Gasteiger partial charge in [-0.25, -0.2) is 4.79 Å². The van der Waals surface area contributed by atoms with Gasteiger partial charge in [-0.2, -0.15) is 0 Å². The van der Waals surface area contributed by atoms with Crippen molar-refractivity contribution in [2.75, 3.05) is 28.4 Å². The summed E-state index contributed by atoms with van der Waals surface area (Å²) in [5, 5.41) is 23.3. The van der Waals surface area contributed by atoms with E-state index in [2.05, 4.69) is 13.0 Å². The molecule has 71 heavy (non-hydrogen) atoms. The third kappa shape index (κ3) is 10.5. The van der Waals surface area contributed by atoms with Crippen molar-refractivity contribution < 1.29 is 81.4 Å². The molecule has 7 fully saturated rings. The van der Waals surface area contributed by atoms with Crippen LogP contribution < -0.4 is 0 Å². The van der Waals surface area contributed by atoms with Crippen LogP contribution in [0.1, 0.15) is 133 Å². The third-order valence-corrected chi connectivity index (χ3v) is 18.8. The lowest BCUT2D eigenvalue weighted by molar-refractivity contribution is -0.347. The number of ketones is 1. The first-order valence-corrected chi connectivity index (χ1v) is 26.5. The molecule has 17 heteroatoms. The number of hydrogen-bond donors (Lipinski definition) is 2. The Kier molecular flexibility index (Phi) is 17.4. The monoisotopic (exact) mass is 1010 g/mol. The largest absolute Gasteiger partial charge is 0.458 e. The van der Waals surface area contributed by atoms with Gasteiger partial charge in [-0.15, -0.1) is 0 Å². The SMILES string of the molecule is C/C=C(\C)C(=O)O[C@@H]1CC2C(CC=C3C[C@@H](OC4CC(OC)C(OC5CC(OC)C(OC6CC(OC)C(OC7CC(OC)C(O)C(C)O7)C(C)O6)C(C)O5)C(C)O4)CC[C@@]32C)[C@@]2(O)CCC(C(C)=O)[C@@]12C. The van der Waals surface area contributed by atoms with Gasteiger partial charge >= 0.3 is 5.97 Å². The van der Waals surface area contributed by atoms with Gasteiger partial charge in [0.15, 0.2) is 25.2 Å². The molecule has 0 bridgehead atoms. The van der Waals surface area contributed by atoms with Crippen LogP contribution in [0.5, 0.6) is 0 Å². The summed E-state index contributed by atoms with van der Waals surface area (Å²) < 4.78 is 81.8. The van der Waals surface area contributed by atoms with E-state index in [4.69, 9.17) is 61.6 Å². The van der Waals surface area contributed by atoms with E-state index in [1.807, 2.05) is 34.6 Å². The number of methoxy groups -OCH3 is 4. The Morgan fingerprint density at radius 3 is 1.62 bits per heavy atom. The van der Waals surface area contributed by atoms with Gasteiger partial charge in [0.2, 0.25) is 0 Å². The number of aliphatic hydroxyl groups is 2. The molecule has 0 amide bonds. The van der Waals surface area contributed by atoms with Gasteiger partial charge in [0.25, 0.3) is 0 Å². The van der Waals surface area contributed by atoms with Crippen molar-refractivity contribution in [3.8, 4) is 0 Å². The molecule has 17 nitrogen and oxygen atoms in total. The van der Waals surface area contributed by atoms with Crippen LogP contribution in [-0.2, 0) is 71.2 Å². The maximum atomic E-state index is 13.4. The Bertz CT molecular complexity index is 1910. The molecule has 2 N–H and O–H groups in total. The summed E-state index contributed by atoms with van der Waals surface area (Å²) >= 11 is 0. The van der Waals surface area contributed by atoms with Crippen molar-refractivity contribution in [1.82, 2.24) is 0 Å². The van der Waals surface area contributed by atoms with Gasteiger partial charge in [-0.3, -0.25) is 4.79 Å². The van der Waals surface area contributed by atoms with Gasteiger partial charge < -0.3 is 71.8 Å². The van der Waals surface area contributed by atoms with Gasteiger partial charge in [0.05, 0.1) is 60.5 Å². The number of allylic oxidation sites excluding steroid dienone is 2. The second kappa shape index (κ2) is 22.3. The number of esters is 1. The van der Waals surface area contributed by atoms with E-state index >= 15 is 0 Å². The molecule has 24 atom stereocenters. The van der Waals surface area contributed by atoms with Crippen molar-refractivity contribution in [2.45, 2.75) is 249 Å². The number of carbonyl (C=O) groups excluding carboxylic acids is 2. The Balaban J connectivity index is 0.855. The molecule has 4 aliphatic carbocycles. The number of carbonyl (C=O) groups is 2. The molecule has 0 aromatic heterocycles. The highest BCUT2D eigenvalue weighted by molar-refractivity contribution is 5.88. The predicted molar refractivity (Wildman–Crippen MR) is 257 cm³/mol. The van der Waals surface area contributed by atoms with E-state index in [0.717, 1.165) is 19.3 Å². The Labute approximate surface area is 421 Å². The second-order valence-corrected chi connectivity index (χ2v) is 22.5. The zero-order valence-electron chi connectivity index (χ0n) is 44.6. The highest BCUT2D eigenvalue weighted by Crippen LogP contribution is 2.68. The standard InChI is InChI=1S/C54H86O17/c1-14-27(2)51(57)68-42-22-37-36(54(58)20-18-35(28(3)55)53(42,54)9)16-15-33-21-34(17-19-52(33,37)8)67-43-24-39(60-11)48(30(5)64-43)70-45-26-41(62-13)50(32(7)66-45)71-46-25-40(61-12)49(31(6)65-46)69-44-23-38(59-10)47(56)29(4)63-44/h14-15,29-32,34-50,56,58H,16-26H2,1-13H3/b27-14+/t29?,30?,31?,32?,34-,35?,36?,37?,38?,39?,40?,41?,42+,43?,44?,45?,46?,47?,48?,49?,50?,52-,53-,54-/m0/s1. The van der Waals surface area contributed by atoms with E-state index in [1.54, 1.807) is 55.3 Å². The first-order chi connectivity index (χ1) is 33.7. The van der Waals surface area contributed by atoms with Crippen LogP contribution in [0.2, 0.25) is 0 Å². The zero-order valence-corrected chi connectivity index (χ0v) is 44.6. The minimum absolute atomic E-state index is 0.0422. The van der Waals surface area contributed by atoms with Crippen LogP contribution in [0.15, 0.2) is 23.3 Å². The first kappa shape index (κ1) is 55.3. The lowest BCUT2D eigenvalue weighted by Gasteiger charge is -2.63. The summed E-state index contributed by atoms with van der Waals surface area (Å²) in [4.78, 5) is 26.5. The summed E-state index contributed by atoms with van der Waals surface area (Å²) in [6.07, 6.45) is 2.27. The Hall–Kier alpha value is -1.94. The highest BCUT2D eigenvalue weighted by Gasteiger charge is 2.71. The minimum Gasteiger partial charge on any atom is -0.458 e. The van der Waals surface area contributed by atoms with Crippen LogP contribution in [-0.4, -0.2) is 167 Å². The number of fused-ring (bicyclic) bond motifs is 5. The fourth-order valence-electron chi connectivity index (χ4n) is 14.4. The second-order valence-electron chi connectivity index (χ2n) is 22.5. The zero-order chi connectivity index (χ0) is 51.3. The topological polar surface area (TPSA) is 195 Å². The predicted octanol–water partition coefficient (Wildman–Crippen LogP) is 6.26. The molecule has 8 aliphatic rings. The molecular weight excluding hydrogens is 921 g/mol. The number of aliphatic hydroxyl groups excluding tert-OH is 1. The summed E-state index contributed by atoms with van der Waals surface area (Å²) in [6, 6.07) is 0. The normalized spacial score (nSPS) is 49.3. The molecule has 8 rings (SSSR count). The van der Waals surface area contributed by atoms with Crippen molar-refractivity contribution in [1.29, 1.82) is 0 Å². The van der Waals surface area contributed by atoms with Crippen LogP contribution in [0, 0.1) is 28.6 Å². The summed E-state index contributed by atoms with van der Waals surface area (Å²) in [6.45, 7) is 17.1. The smallest absolute Gasteiger partial charge is 0.333 e. The van der Waals surface area contributed by atoms with E-state index in [0.29, 0.717) is 56.9 Å². The first-order valence-electron chi connectivity index (χ1n) is 26.5. The average molecular weight is 1010 g/mol. The van der Waals surface area contributed by atoms with E-state index in [-0.39, 0.29) is 65.4 Å². The van der Waals surface area contributed by atoms with Gasteiger partial charge in [0.1, 0.15) is 36.3 Å². The lowest BCUT2D eigenvalue weighted by Crippen LogP contribution is -2.66. The van der Waals surface area contributed by atoms with Crippen molar-refractivity contribution in [2.24, 2.45) is 28.6 Å². The molecule has 0 radical (unpaired) electrons. The van der Waals surface area contributed by atoms with Gasteiger partial charge in [0, 0.05) is 71.0 Å². The van der Waals surface area contributed by atoms with Crippen molar-refractivity contribution in [3.05, 3.63) is 23.3 Å². The molecule has 3 saturated carbocycles. The van der Waals surface area contributed by atoms with Crippen LogP contribution in [0.25, 0.3) is 0 Å². The quantitative estimate of drug-likeness (QED) is 0.106. The lowest BCUT2D eigenvalue weighted by atomic mass is 9.45. The summed E-state index contributed by atoms with van der Waals surface area (Å²) in [5.74, 6) is -0.718. The molecule has 4 saturated heterocycles. The highest BCUT2D eigenvalue weighted by atomic mass is 16.8. The average Bonchev–Trinajstić information content (AvgIpc) is 3.63. The summed E-state index contributed by atoms with van der Waals surface area (Å²) in [5.41, 5.74) is -0.429. The van der Waals surface area contributed by atoms with E-state index < -0.39 is 91.1 Å². The maximum absolute atomic E-state index is 13.4. The molecule has 0 aromatic rings. The molecule has 404 valence electrons. The molecule has 4 aliphatic heterocycles. The summed E-state index contributed by atoms with van der Waals surface area (Å²) in [7, 11) is 6.56.